The summed E-state index contributed by atoms with van der Waals surface area (Å²) in [4.78, 5) is 0. The molecule has 2 rings (SSSR count). The number of rotatable bonds is 5. The monoisotopic (exact) mass is 264 g/mol. The summed E-state index contributed by atoms with van der Waals surface area (Å²) in [5, 5.41) is 1.08. The van der Waals surface area contributed by atoms with Crippen LogP contribution in [0, 0.1) is 0 Å². The van der Waals surface area contributed by atoms with Gasteiger partial charge in [0.25, 0.3) is 0 Å². The van der Waals surface area contributed by atoms with E-state index >= 15 is 0 Å². The molecule has 0 bridgehead atoms. The Bertz CT molecular complexity index is 197. The van der Waals surface area contributed by atoms with Crippen molar-refractivity contribution in [3.63, 3.8) is 0 Å². The molecule has 2 aliphatic rings. The van der Waals surface area contributed by atoms with E-state index in [1.165, 1.54) is 37.9 Å². The van der Waals surface area contributed by atoms with Crippen LogP contribution in [0.25, 0.3) is 0 Å². The van der Waals surface area contributed by atoms with Crippen molar-refractivity contribution in [3.05, 3.63) is 0 Å². The van der Waals surface area contributed by atoms with Gasteiger partial charge in [-0.25, -0.2) is 0 Å². The van der Waals surface area contributed by atoms with E-state index in [1.807, 2.05) is 11.8 Å². The van der Waals surface area contributed by atoms with Gasteiger partial charge in [0.15, 0.2) is 6.29 Å². The molecule has 1 saturated carbocycles. The van der Waals surface area contributed by atoms with Crippen LogP contribution in [0.4, 0.5) is 0 Å². The fourth-order valence-corrected chi connectivity index (χ4v) is 4.11. The molecule has 0 unspecified atom stereocenters. The van der Waals surface area contributed by atoms with Gasteiger partial charge in [-0.1, -0.05) is 12.8 Å². The molecule has 2 fully saturated rings. The number of hydrogen-bond acceptors (Lipinski definition) is 3. The second-order valence-electron chi connectivity index (χ2n) is 4.52. The lowest BCUT2D eigenvalue weighted by atomic mass is 10.00. The van der Waals surface area contributed by atoms with Gasteiger partial charge in [-0.3, -0.25) is 0 Å². The number of halogens is 1. The van der Waals surface area contributed by atoms with Crippen LogP contribution in [-0.2, 0) is 9.47 Å². The Kier molecular flexibility index (Phi) is 5.77. The Balaban J connectivity index is 1.53. The van der Waals surface area contributed by atoms with Crippen molar-refractivity contribution in [3.8, 4) is 0 Å². The fourth-order valence-electron chi connectivity index (χ4n) is 2.30. The molecule has 1 aliphatic carbocycles. The van der Waals surface area contributed by atoms with Gasteiger partial charge in [0, 0.05) is 10.6 Å². The maximum absolute atomic E-state index is 6.32. The normalized spacial score (nSPS) is 32.1. The highest BCUT2D eigenvalue weighted by atomic mass is 35.5. The Labute approximate surface area is 107 Å². The average molecular weight is 265 g/mol. The van der Waals surface area contributed by atoms with E-state index in [2.05, 4.69) is 0 Å². The lowest BCUT2D eigenvalue weighted by Gasteiger charge is -2.26. The van der Waals surface area contributed by atoms with Crippen LogP contribution >= 0.6 is 23.4 Å². The minimum Gasteiger partial charge on any atom is -0.350 e. The summed E-state index contributed by atoms with van der Waals surface area (Å²) < 4.78 is 10.8. The minimum atomic E-state index is 0.0683. The van der Waals surface area contributed by atoms with E-state index in [-0.39, 0.29) is 6.29 Å². The first kappa shape index (κ1) is 13.0. The van der Waals surface area contributed by atoms with Crippen LogP contribution in [0.2, 0.25) is 0 Å². The minimum absolute atomic E-state index is 0.0683. The molecule has 1 saturated heterocycles. The van der Waals surface area contributed by atoms with Crippen molar-refractivity contribution in [2.24, 2.45) is 0 Å². The van der Waals surface area contributed by atoms with Gasteiger partial charge in [0.05, 0.1) is 13.2 Å². The first-order valence-corrected chi connectivity index (χ1v) is 7.83. The predicted molar refractivity (Wildman–Crippen MR) is 69.3 cm³/mol. The molecular weight excluding hydrogens is 244 g/mol. The van der Waals surface area contributed by atoms with Crippen molar-refractivity contribution < 1.29 is 9.47 Å². The van der Waals surface area contributed by atoms with E-state index < -0.39 is 0 Å². The lowest BCUT2D eigenvalue weighted by molar-refractivity contribution is -0.0466. The zero-order valence-corrected chi connectivity index (χ0v) is 11.3. The van der Waals surface area contributed by atoms with Gasteiger partial charge >= 0.3 is 0 Å². The van der Waals surface area contributed by atoms with Crippen LogP contribution in [0.5, 0.6) is 0 Å². The van der Waals surface area contributed by atoms with Crippen molar-refractivity contribution in [2.75, 3.05) is 19.0 Å². The third-order valence-corrected chi connectivity index (χ3v) is 5.42. The summed E-state index contributed by atoms with van der Waals surface area (Å²) in [5.74, 6) is 1.19. The maximum atomic E-state index is 6.32. The van der Waals surface area contributed by atoms with Gasteiger partial charge in [0.1, 0.15) is 0 Å². The Hall–Kier alpha value is 0.560. The SMILES string of the molecule is Cl[C@H]1CCCC[C@@H]1SCCCC1OCCO1. The highest BCUT2D eigenvalue weighted by Gasteiger charge is 2.23. The predicted octanol–water partition coefficient (Wildman–Crippen LogP) is 3.42. The highest BCUT2D eigenvalue weighted by molar-refractivity contribution is 8.00. The van der Waals surface area contributed by atoms with Crippen LogP contribution < -0.4 is 0 Å². The van der Waals surface area contributed by atoms with E-state index in [4.69, 9.17) is 21.1 Å². The Morgan fingerprint density at radius 2 is 1.88 bits per heavy atom. The summed E-state index contributed by atoms with van der Waals surface area (Å²) in [5.41, 5.74) is 0. The molecule has 0 aromatic carbocycles. The van der Waals surface area contributed by atoms with Crippen LogP contribution in [0.15, 0.2) is 0 Å². The summed E-state index contributed by atoms with van der Waals surface area (Å²) >= 11 is 8.36. The summed E-state index contributed by atoms with van der Waals surface area (Å²) in [6, 6.07) is 0. The molecule has 94 valence electrons. The van der Waals surface area contributed by atoms with Gasteiger partial charge in [-0.2, -0.15) is 11.8 Å². The molecule has 0 spiro atoms. The van der Waals surface area contributed by atoms with Gasteiger partial charge in [-0.15, -0.1) is 11.6 Å². The Morgan fingerprint density at radius 1 is 1.12 bits per heavy atom. The van der Waals surface area contributed by atoms with Gasteiger partial charge in [0.2, 0.25) is 0 Å². The molecule has 2 atom stereocenters. The standard InChI is InChI=1S/C12H21ClO2S/c13-10-4-1-2-5-11(10)16-9-3-6-12-14-7-8-15-12/h10-12H,1-9H2/t10-,11-/m0/s1. The smallest absolute Gasteiger partial charge is 0.157 e. The van der Waals surface area contributed by atoms with Crippen LogP contribution in [0.3, 0.4) is 0 Å². The molecule has 0 N–H and O–H groups in total. The van der Waals surface area contributed by atoms with E-state index in [1.54, 1.807) is 0 Å². The molecule has 16 heavy (non-hydrogen) atoms. The fraction of sp³-hybridized carbons (Fsp3) is 1.00. The van der Waals surface area contributed by atoms with E-state index in [0.717, 1.165) is 19.6 Å². The molecule has 1 aliphatic heterocycles. The third kappa shape index (κ3) is 4.10. The first-order valence-electron chi connectivity index (χ1n) is 6.35. The Morgan fingerprint density at radius 3 is 2.62 bits per heavy atom. The molecule has 4 heteroatoms. The second kappa shape index (κ2) is 7.10. The quantitative estimate of drug-likeness (QED) is 0.560. The second-order valence-corrected chi connectivity index (χ2v) is 6.43. The molecule has 0 radical (unpaired) electrons. The summed E-state index contributed by atoms with van der Waals surface area (Å²) in [6.07, 6.45) is 7.45. The topological polar surface area (TPSA) is 18.5 Å². The number of thioether (sulfide) groups is 1. The maximum Gasteiger partial charge on any atom is 0.157 e. The number of hydrogen-bond donors (Lipinski definition) is 0. The van der Waals surface area contributed by atoms with Crippen LogP contribution in [-0.4, -0.2) is 35.9 Å². The average Bonchev–Trinajstić information content (AvgIpc) is 2.79. The molecule has 0 amide bonds. The molecule has 0 aromatic rings. The lowest BCUT2D eigenvalue weighted by Crippen LogP contribution is -2.22. The summed E-state index contributed by atoms with van der Waals surface area (Å²) in [7, 11) is 0. The molecule has 2 nitrogen and oxygen atoms in total. The van der Waals surface area contributed by atoms with Crippen molar-refractivity contribution in [2.45, 2.75) is 55.4 Å². The zero-order valence-electron chi connectivity index (χ0n) is 9.70. The third-order valence-electron chi connectivity index (χ3n) is 3.23. The van der Waals surface area contributed by atoms with Crippen LogP contribution in [0.1, 0.15) is 38.5 Å². The summed E-state index contributed by atoms with van der Waals surface area (Å²) in [6.45, 7) is 1.54. The zero-order chi connectivity index (χ0) is 11.2. The molecule has 0 aromatic heterocycles. The first-order chi connectivity index (χ1) is 7.86. The van der Waals surface area contributed by atoms with Crippen molar-refractivity contribution in [1.82, 2.24) is 0 Å². The van der Waals surface area contributed by atoms with Crippen molar-refractivity contribution >= 4 is 23.4 Å². The number of ether oxygens (including phenoxy) is 2. The number of alkyl halides is 1. The highest BCUT2D eigenvalue weighted by Crippen LogP contribution is 2.32. The van der Waals surface area contributed by atoms with E-state index in [9.17, 15) is 0 Å². The molecule has 1 heterocycles. The van der Waals surface area contributed by atoms with Gasteiger partial charge in [-0.05, 0) is 31.4 Å². The largest absolute Gasteiger partial charge is 0.350 e. The van der Waals surface area contributed by atoms with Gasteiger partial charge < -0.3 is 9.47 Å². The van der Waals surface area contributed by atoms with Crippen molar-refractivity contribution in [1.29, 1.82) is 0 Å². The van der Waals surface area contributed by atoms with E-state index in [0.29, 0.717) is 10.6 Å². The molecular formula is C12H21ClO2S.